The standard InChI is InChI=1S/C21H14Cl2F4N4O2/c1-2-15-30-19(23)17(20(29)32)31(15)9-11-3-4-14(22)18(16(11)24)33-13-6-10(8-28)5-12(7-13)21(25,26)27/h3-7H,2,9H2,1H3,(H2,29,32). The maximum Gasteiger partial charge on any atom is 0.416 e. The Morgan fingerprint density at radius 2 is 1.97 bits per heavy atom. The Labute approximate surface area is 195 Å². The fraction of sp³-hybridized carbons (Fsp3) is 0.190. The van der Waals surface area contributed by atoms with Gasteiger partial charge in [0.25, 0.3) is 5.91 Å². The number of nitriles is 1. The van der Waals surface area contributed by atoms with Crippen molar-refractivity contribution in [2.75, 3.05) is 0 Å². The molecule has 0 aliphatic carbocycles. The lowest BCUT2D eigenvalue weighted by Crippen LogP contribution is -2.19. The lowest BCUT2D eigenvalue weighted by Gasteiger charge is -2.15. The van der Waals surface area contributed by atoms with E-state index in [1.54, 1.807) is 13.0 Å². The number of halogens is 6. The zero-order valence-corrected chi connectivity index (χ0v) is 18.3. The van der Waals surface area contributed by atoms with Crippen LogP contribution < -0.4 is 10.5 Å². The van der Waals surface area contributed by atoms with Crippen molar-refractivity contribution in [2.24, 2.45) is 5.73 Å². The first-order valence-electron chi connectivity index (χ1n) is 9.28. The highest BCUT2D eigenvalue weighted by atomic mass is 35.5. The van der Waals surface area contributed by atoms with Crippen LogP contribution >= 0.6 is 23.2 Å². The van der Waals surface area contributed by atoms with Gasteiger partial charge in [0.1, 0.15) is 17.3 Å². The molecule has 172 valence electrons. The number of carbonyl (C=O) groups is 1. The minimum atomic E-state index is -4.75. The fourth-order valence-corrected chi connectivity index (χ4v) is 3.58. The van der Waals surface area contributed by atoms with Gasteiger partial charge in [0, 0.05) is 12.0 Å². The summed E-state index contributed by atoms with van der Waals surface area (Å²) >= 11 is 12.0. The second kappa shape index (κ2) is 9.29. The molecule has 6 nitrogen and oxygen atoms in total. The Bertz CT molecular complexity index is 1280. The van der Waals surface area contributed by atoms with E-state index in [0.29, 0.717) is 24.4 Å². The molecule has 0 saturated carbocycles. The van der Waals surface area contributed by atoms with Gasteiger partial charge in [-0.15, -0.1) is 0 Å². The van der Waals surface area contributed by atoms with E-state index in [4.69, 9.17) is 38.9 Å². The van der Waals surface area contributed by atoms with Crippen LogP contribution in [0.25, 0.3) is 0 Å². The molecule has 0 fully saturated rings. The third-order valence-electron chi connectivity index (χ3n) is 4.59. The largest absolute Gasteiger partial charge is 0.453 e. The molecular formula is C21H14Cl2F4N4O2. The van der Waals surface area contributed by atoms with E-state index in [2.05, 4.69) is 4.98 Å². The number of hydrogen-bond donors (Lipinski definition) is 1. The maximum atomic E-state index is 15.3. The van der Waals surface area contributed by atoms with E-state index in [-0.39, 0.29) is 33.5 Å². The number of carbonyl (C=O) groups excluding carboxylic acids is 1. The van der Waals surface area contributed by atoms with Crippen LogP contribution in [0, 0.1) is 17.1 Å². The van der Waals surface area contributed by atoms with Gasteiger partial charge in [-0.25, -0.2) is 9.37 Å². The minimum absolute atomic E-state index is 0.0202. The van der Waals surface area contributed by atoms with Gasteiger partial charge < -0.3 is 15.0 Å². The number of hydrogen-bond acceptors (Lipinski definition) is 4. The van der Waals surface area contributed by atoms with Gasteiger partial charge in [-0.05, 0) is 24.3 Å². The fourth-order valence-electron chi connectivity index (χ4n) is 3.11. The van der Waals surface area contributed by atoms with E-state index in [9.17, 15) is 18.0 Å². The van der Waals surface area contributed by atoms with Crippen LogP contribution in [-0.4, -0.2) is 15.5 Å². The Morgan fingerprint density at radius 3 is 2.55 bits per heavy atom. The summed E-state index contributed by atoms with van der Waals surface area (Å²) in [5.74, 6) is -2.48. The number of benzene rings is 2. The number of alkyl halides is 3. The molecule has 3 rings (SSSR count). The molecule has 0 radical (unpaired) electrons. The van der Waals surface area contributed by atoms with E-state index in [1.165, 1.54) is 16.7 Å². The first-order chi connectivity index (χ1) is 15.5. The van der Waals surface area contributed by atoms with Crippen LogP contribution in [0.4, 0.5) is 17.6 Å². The average molecular weight is 501 g/mol. The van der Waals surface area contributed by atoms with Gasteiger partial charge >= 0.3 is 6.18 Å². The third kappa shape index (κ3) is 5.05. The normalized spacial score (nSPS) is 11.3. The van der Waals surface area contributed by atoms with Crippen molar-refractivity contribution in [3.63, 3.8) is 0 Å². The Hall–Kier alpha value is -3.29. The zero-order chi connectivity index (χ0) is 24.5. The summed E-state index contributed by atoms with van der Waals surface area (Å²) in [6, 6.07) is 6.48. The van der Waals surface area contributed by atoms with Crippen LogP contribution in [-0.2, 0) is 19.1 Å². The minimum Gasteiger partial charge on any atom is -0.453 e. The molecule has 0 spiro atoms. The average Bonchev–Trinajstić information content (AvgIpc) is 3.07. The molecule has 1 heterocycles. The zero-order valence-electron chi connectivity index (χ0n) is 16.8. The number of aryl methyl sites for hydroxylation is 1. The van der Waals surface area contributed by atoms with Crippen molar-refractivity contribution >= 4 is 29.1 Å². The van der Waals surface area contributed by atoms with Crippen molar-refractivity contribution in [1.82, 2.24) is 9.55 Å². The van der Waals surface area contributed by atoms with Crippen LogP contribution in [0.5, 0.6) is 11.5 Å². The predicted molar refractivity (Wildman–Crippen MR) is 112 cm³/mol. The quantitative estimate of drug-likeness (QED) is 0.437. The Balaban J connectivity index is 2.06. The van der Waals surface area contributed by atoms with Gasteiger partial charge in [0.15, 0.2) is 16.7 Å². The summed E-state index contributed by atoms with van der Waals surface area (Å²) in [6.07, 6.45) is -4.40. The number of rotatable bonds is 6. The highest BCUT2D eigenvalue weighted by Crippen LogP contribution is 2.38. The maximum absolute atomic E-state index is 15.3. The molecule has 0 aliphatic heterocycles. The molecule has 12 heteroatoms. The van der Waals surface area contributed by atoms with Gasteiger partial charge in [-0.3, -0.25) is 4.79 Å². The number of ether oxygens (including phenoxy) is 1. The summed E-state index contributed by atoms with van der Waals surface area (Å²) in [5.41, 5.74) is 3.75. The van der Waals surface area contributed by atoms with Gasteiger partial charge in [-0.1, -0.05) is 36.2 Å². The van der Waals surface area contributed by atoms with Crippen molar-refractivity contribution in [3.05, 3.63) is 74.5 Å². The van der Waals surface area contributed by atoms with Crippen LogP contribution in [0.1, 0.15) is 39.9 Å². The lowest BCUT2D eigenvalue weighted by molar-refractivity contribution is -0.137. The molecule has 1 aromatic heterocycles. The Morgan fingerprint density at radius 1 is 1.27 bits per heavy atom. The first kappa shape index (κ1) is 24.4. The van der Waals surface area contributed by atoms with Crippen LogP contribution in [0.15, 0.2) is 30.3 Å². The van der Waals surface area contributed by atoms with Crippen molar-refractivity contribution in [2.45, 2.75) is 26.1 Å². The highest BCUT2D eigenvalue weighted by molar-refractivity contribution is 6.32. The molecule has 2 N–H and O–H groups in total. The Kier molecular flexibility index (Phi) is 6.86. The summed E-state index contributed by atoms with van der Waals surface area (Å²) in [4.78, 5) is 15.8. The number of nitrogens with two attached hydrogens (primary N) is 1. The second-order valence-corrected chi connectivity index (χ2v) is 7.54. The van der Waals surface area contributed by atoms with Crippen LogP contribution in [0.2, 0.25) is 10.2 Å². The van der Waals surface area contributed by atoms with E-state index < -0.39 is 35.0 Å². The van der Waals surface area contributed by atoms with Crippen molar-refractivity contribution < 1.29 is 27.1 Å². The number of amides is 1. The molecule has 2 aromatic carbocycles. The number of imidazole rings is 1. The smallest absolute Gasteiger partial charge is 0.416 e. The van der Waals surface area contributed by atoms with E-state index in [1.807, 2.05) is 0 Å². The molecule has 0 saturated heterocycles. The van der Waals surface area contributed by atoms with Crippen molar-refractivity contribution in [1.29, 1.82) is 5.26 Å². The molecule has 1 amide bonds. The molecular weight excluding hydrogens is 487 g/mol. The van der Waals surface area contributed by atoms with Gasteiger partial charge in [-0.2, -0.15) is 18.4 Å². The molecule has 0 unspecified atom stereocenters. The monoisotopic (exact) mass is 500 g/mol. The first-order valence-corrected chi connectivity index (χ1v) is 10.0. The van der Waals surface area contributed by atoms with Gasteiger partial charge in [0.05, 0.1) is 28.8 Å². The van der Waals surface area contributed by atoms with Gasteiger partial charge in [0.2, 0.25) is 0 Å². The molecule has 33 heavy (non-hydrogen) atoms. The van der Waals surface area contributed by atoms with E-state index >= 15 is 4.39 Å². The van der Waals surface area contributed by atoms with Crippen LogP contribution in [0.3, 0.4) is 0 Å². The number of nitrogens with zero attached hydrogens (tertiary/aromatic N) is 3. The molecule has 0 aliphatic rings. The number of primary amides is 1. The van der Waals surface area contributed by atoms with Crippen molar-refractivity contribution in [3.8, 4) is 17.6 Å². The topological polar surface area (TPSA) is 93.9 Å². The third-order valence-corrected chi connectivity index (χ3v) is 5.16. The molecule has 3 aromatic rings. The molecule has 0 atom stereocenters. The molecule has 0 bridgehead atoms. The summed E-state index contributed by atoms with van der Waals surface area (Å²) in [5, 5.41) is 8.67. The SMILES string of the molecule is CCc1nc(Cl)c(C(N)=O)n1Cc1ccc(Cl)c(Oc2cc(C#N)cc(C(F)(F)F)c2)c1F. The summed E-state index contributed by atoms with van der Waals surface area (Å²) in [6.45, 7) is 1.51. The summed E-state index contributed by atoms with van der Waals surface area (Å²) < 4.78 is 61.4. The number of aromatic nitrogens is 2. The second-order valence-electron chi connectivity index (χ2n) is 6.78. The van der Waals surface area contributed by atoms with E-state index in [0.717, 1.165) is 6.07 Å². The summed E-state index contributed by atoms with van der Waals surface area (Å²) in [7, 11) is 0. The predicted octanol–water partition coefficient (Wildman–Crippen LogP) is 5.72. The lowest BCUT2D eigenvalue weighted by atomic mass is 10.1. The highest BCUT2D eigenvalue weighted by Gasteiger charge is 2.32.